The van der Waals surface area contributed by atoms with Crippen LogP contribution in [0.1, 0.15) is 6.42 Å². The number of alkyl halides is 2. The Morgan fingerprint density at radius 1 is 1.64 bits per heavy atom. The summed E-state index contributed by atoms with van der Waals surface area (Å²) < 4.78 is 42.8. The molecule has 78 valence electrons. The Hall–Kier alpha value is -1.00. The van der Waals surface area contributed by atoms with Crippen molar-refractivity contribution in [2.75, 3.05) is 7.11 Å². The van der Waals surface area contributed by atoms with Crippen LogP contribution in [0.5, 0.6) is 0 Å². The average Bonchev–Trinajstić information content (AvgIpc) is 2.76. The number of carbonyl (C=O) groups excluding carboxylic acids is 1. The predicted octanol–water partition coefficient (Wildman–Crippen LogP) is 1.91. The van der Waals surface area contributed by atoms with Gasteiger partial charge in [-0.2, -0.15) is 8.78 Å². The molecule has 0 heterocycles. The summed E-state index contributed by atoms with van der Waals surface area (Å²) in [5.74, 6) is -6.74. The molecule has 0 saturated heterocycles. The van der Waals surface area contributed by atoms with E-state index in [0.717, 1.165) is 6.08 Å². The molecule has 2 aliphatic carbocycles. The highest BCUT2D eigenvalue weighted by Gasteiger charge is 2.62. The van der Waals surface area contributed by atoms with Crippen LogP contribution in [0.4, 0.5) is 13.2 Å². The van der Waals surface area contributed by atoms with Crippen LogP contribution in [-0.4, -0.2) is 19.0 Å². The molecule has 0 bridgehead atoms. The molecule has 3 atom stereocenters. The number of ether oxygens (including phenoxy) is 1. The minimum Gasteiger partial charge on any atom is -0.469 e. The molecule has 0 radical (unpaired) electrons. The number of carbonyl (C=O) groups is 1. The first-order chi connectivity index (χ1) is 6.47. The highest BCUT2D eigenvalue weighted by molar-refractivity contribution is 5.77. The molecule has 2 rings (SSSR count). The third kappa shape index (κ3) is 1.22. The Balaban J connectivity index is 2.14. The highest BCUT2D eigenvalue weighted by Crippen LogP contribution is 2.58. The van der Waals surface area contributed by atoms with E-state index in [4.69, 9.17) is 0 Å². The van der Waals surface area contributed by atoms with Crippen LogP contribution in [-0.2, 0) is 9.53 Å². The number of allylic oxidation sites excluding steroid dienone is 2. The number of esters is 1. The summed E-state index contributed by atoms with van der Waals surface area (Å²) in [6.45, 7) is 0. The molecule has 0 amide bonds. The second-order valence-electron chi connectivity index (χ2n) is 3.71. The Morgan fingerprint density at radius 2 is 2.29 bits per heavy atom. The zero-order valence-electron chi connectivity index (χ0n) is 7.47. The third-order valence-corrected chi connectivity index (χ3v) is 2.88. The van der Waals surface area contributed by atoms with Gasteiger partial charge in [0.05, 0.1) is 13.0 Å². The van der Waals surface area contributed by atoms with Crippen molar-refractivity contribution in [1.29, 1.82) is 0 Å². The van der Waals surface area contributed by atoms with Crippen molar-refractivity contribution >= 4 is 5.97 Å². The molecular formula is C9H9F3O2. The largest absolute Gasteiger partial charge is 0.469 e. The van der Waals surface area contributed by atoms with Crippen LogP contribution in [0.15, 0.2) is 11.9 Å². The first-order valence-corrected chi connectivity index (χ1v) is 4.31. The standard InChI is InChI=1S/C9H9F3O2/c1-14-8(13)7-4-2-6(10)9(11,12)3-5(4)7/h2,4-5,7H,3H2,1H3. The minimum absolute atomic E-state index is 0.387. The monoisotopic (exact) mass is 206 g/mol. The molecule has 14 heavy (non-hydrogen) atoms. The van der Waals surface area contributed by atoms with Gasteiger partial charge in [-0.1, -0.05) is 0 Å². The van der Waals surface area contributed by atoms with Crippen LogP contribution in [0.3, 0.4) is 0 Å². The number of hydrogen-bond donors (Lipinski definition) is 0. The maximum atomic E-state index is 12.8. The molecule has 0 aromatic rings. The summed E-state index contributed by atoms with van der Waals surface area (Å²) in [5.41, 5.74) is 0. The number of rotatable bonds is 1. The molecular weight excluding hydrogens is 197 g/mol. The Morgan fingerprint density at radius 3 is 2.79 bits per heavy atom. The van der Waals surface area contributed by atoms with Gasteiger partial charge >= 0.3 is 5.97 Å². The van der Waals surface area contributed by atoms with E-state index in [1.165, 1.54) is 7.11 Å². The van der Waals surface area contributed by atoms with Gasteiger partial charge in [-0.3, -0.25) is 4.79 Å². The number of fused-ring (bicyclic) bond motifs is 1. The molecule has 1 saturated carbocycles. The minimum atomic E-state index is -3.40. The topological polar surface area (TPSA) is 26.3 Å². The van der Waals surface area contributed by atoms with E-state index in [2.05, 4.69) is 4.74 Å². The van der Waals surface area contributed by atoms with Gasteiger partial charge in [-0.15, -0.1) is 0 Å². The fraction of sp³-hybridized carbons (Fsp3) is 0.667. The number of halogens is 3. The molecule has 0 N–H and O–H groups in total. The van der Waals surface area contributed by atoms with E-state index in [1.54, 1.807) is 0 Å². The van der Waals surface area contributed by atoms with Gasteiger partial charge in [0.15, 0.2) is 5.83 Å². The Kier molecular flexibility index (Phi) is 1.87. The van der Waals surface area contributed by atoms with Gasteiger partial charge in [0.2, 0.25) is 0 Å². The molecule has 2 nitrogen and oxygen atoms in total. The second kappa shape index (κ2) is 2.74. The first-order valence-electron chi connectivity index (χ1n) is 4.31. The molecule has 5 heteroatoms. The molecule has 1 fully saturated rings. The van der Waals surface area contributed by atoms with Crippen LogP contribution in [0.25, 0.3) is 0 Å². The summed E-state index contributed by atoms with van der Waals surface area (Å²) in [6, 6.07) is 0. The fourth-order valence-electron chi connectivity index (χ4n) is 2.04. The van der Waals surface area contributed by atoms with Gasteiger partial charge < -0.3 is 4.74 Å². The van der Waals surface area contributed by atoms with Gasteiger partial charge in [0.25, 0.3) is 5.92 Å². The zero-order chi connectivity index (χ0) is 10.5. The summed E-state index contributed by atoms with van der Waals surface area (Å²) in [5, 5.41) is 0. The van der Waals surface area contributed by atoms with Gasteiger partial charge in [0.1, 0.15) is 0 Å². The van der Waals surface area contributed by atoms with Crippen LogP contribution in [0, 0.1) is 17.8 Å². The first kappa shape index (κ1) is 9.55. The maximum Gasteiger partial charge on any atom is 0.309 e. The van der Waals surface area contributed by atoms with E-state index in [0.29, 0.717) is 0 Å². The lowest BCUT2D eigenvalue weighted by Crippen LogP contribution is -2.21. The molecule has 3 unspecified atom stereocenters. The van der Waals surface area contributed by atoms with Gasteiger partial charge in [0, 0.05) is 6.42 Å². The molecule has 0 aromatic carbocycles. The third-order valence-electron chi connectivity index (χ3n) is 2.88. The lowest BCUT2D eigenvalue weighted by atomic mass is 10.0. The lowest BCUT2D eigenvalue weighted by molar-refractivity contribution is -0.142. The van der Waals surface area contributed by atoms with E-state index >= 15 is 0 Å². The fourth-order valence-corrected chi connectivity index (χ4v) is 2.04. The molecule has 0 spiro atoms. The summed E-state index contributed by atoms with van der Waals surface area (Å²) in [4.78, 5) is 11.0. The number of hydrogen-bond acceptors (Lipinski definition) is 2. The van der Waals surface area contributed by atoms with Crippen molar-refractivity contribution in [2.45, 2.75) is 12.3 Å². The summed E-state index contributed by atoms with van der Waals surface area (Å²) >= 11 is 0. The predicted molar refractivity (Wildman–Crippen MR) is 41.2 cm³/mol. The van der Waals surface area contributed by atoms with Gasteiger partial charge in [-0.05, 0) is 17.9 Å². The van der Waals surface area contributed by atoms with Crippen molar-refractivity contribution in [1.82, 2.24) is 0 Å². The maximum absolute atomic E-state index is 12.8. The molecule has 2 aliphatic rings. The summed E-state index contributed by atoms with van der Waals surface area (Å²) in [7, 11) is 1.20. The van der Waals surface area contributed by atoms with Crippen molar-refractivity contribution < 1.29 is 22.7 Å². The van der Waals surface area contributed by atoms with Crippen molar-refractivity contribution in [3.05, 3.63) is 11.9 Å². The second-order valence-corrected chi connectivity index (χ2v) is 3.71. The van der Waals surface area contributed by atoms with Crippen molar-refractivity contribution in [3.63, 3.8) is 0 Å². The normalized spacial score (nSPS) is 38.3. The van der Waals surface area contributed by atoms with Crippen LogP contribution >= 0.6 is 0 Å². The van der Waals surface area contributed by atoms with Gasteiger partial charge in [-0.25, -0.2) is 4.39 Å². The SMILES string of the molecule is COC(=O)C1C2C=C(F)C(F)(F)CC21. The smallest absolute Gasteiger partial charge is 0.309 e. The van der Waals surface area contributed by atoms with Crippen LogP contribution in [0.2, 0.25) is 0 Å². The lowest BCUT2D eigenvalue weighted by Gasteiger charge is -2.16. The number of methoxy groups -OCH3 is 1. The molecule has 0 aliphatic heterocycles. The Labute approximate surface area is 78.7 Å². The van der Waals surface area contributed by atoms with Crippen molar-refractivity contribution in [3.8, 4) is 0 Å². The summed E-state index contributed by atoms with van der Waals surface area (Å²) in [6.07, 6.45) is 0.273. The van der Waals surface area contributed by atoms with E-state index in [9.17, 15) is 18.0 Å². The Bertz CT molecular complexity index is 311. The van der Waals surface area contributed by atoms with E-state index in [1.807, 2.05) is 0 Å². The van der Waals surface area contributed by atoms with E-state index < -0.39 is 36.0 Å². The quantitative estimate of drug-likeness (QED) is 0.612. The average molecular weight is 206 g/mol. The van der Waals surface area contributed by atoms with E-state index in [-0.39, 0.29) is 5.92 Å². The van der Waals surface area contributed by atoms with Crippen molar-refractivity contribution in [2.24, 2.45) is 17.8 Å². The highest BCUT2D eigenvalue weighted by atomic mass is 19.3. The zero-order valence-corrected chi connectivity index (χ0v) is 7.47. The molecule has 0 aromatic heterocycles. The van der Waals surface area contributed by atoms with Crippen LogP contribution < -0.4 is 0 Å².